The Bertz CT molecular complexity index is 761. The molecule has 2 heterocycles. The normalized spacial score (nSPS) is 10.6. The third-order valence-corrected chi connectivity index (χ3v) is 3.31. The molecule has 0 atom stereocenters. The van der Waals surface area contributed by atoms with E-state index in [2.05, 4.69) is 10.4 Å². The van der Waals surface area contributed by atoms with Gasteiger partial charge in [-0.25, -0.2) is 4.68 Å². The number of carbonyl (C=O) groups excluding carboxylic acids is 1. The molecular weight excluding hydrogens is 290 g/mol. The monoisotopic (exact) mass is 301 g/mol. The Kier molecular flexibility index (Phi) is 3.50. The highest BCUT2D eigenvalue weighted by Crippen LogP contribution is 2.25. The number of hydrogen-bond donors (Lipinski definition) is 1. The van der Waals surface area contributed by atoms with E-state index >= 15 is 0 Å². The summed E-state index contributed by atoms with van der Waals surface area (Å²) in [6.07, 6.45) is 3.19. The van der Waals surface area contributed by atoms with Gasteiger partial charge in [-0.15, -0.1) is 0 Å². The zero-order chi connectivity index (χ0) is 14.8. The molecule has 3 rings (SSSR count). The lowest BCUT2D eigenvalue weighted by Crippen LogP contribution is -2.18. The Morgan fingerprint density at radius 2 is 2.05 bits per heavy atom. The molecule has 106 valence electrons. The lowest BCUT2D eigenvalue weighted by atomic mass is 10.2. The maximum absolute atomic E-state index is 11.8. The van der Waals surface area contributed by atoms with Crippen LogP contribution >= 0.6 is 11.6 Å². The number of carbonyl (C=O) groups is 1. The second kappa shape index (κ2) is 5.46. The first-order valence-electron chi connectivity index (χ1n) is 6.29. The van der Waals surface area contributed by atoms with Crippen LogP contribution in [-0.2, 0) is 0 Å². The van der Waals surface area contributed by atoms with Gasteiger partial charge in [0.05, 0.1) is 23.9 Å². The van der Waals surface area contributed by atoms with Gasteiger partial charge in [0.15, 0.2) is 5.69 Å². The fourth-order valence-corrected chi connectivity index (χ4v) is 2.14. The molecule has 0 fully saturated rings. The fraction of sp³-hybridized carbons (Fsp3) is 0.0667. The minimum Gasteiger partial charge on any atom is -0.472 e. The molecule has 2 aromatic heterocycles. The number of benzene rings is 1. The van der Waals surface area contributed by atoms with Crippen molar-refractivity contribution in [1.29, 1.82) is 0 Å². The van der Waals surface area contributed by atoms with Gasteiger partial charge in [0.2, 0.25) is 0 Å². The summed E-state index contributed by atoms with van der Waals surface area (Å²) in [6.45, 7) is 0. The zero-order valence-electron chi connectivity index (χ0n) is 11.2. The average Bonchev–Trinajstić information content (AvgIpc) is 3.16. The van der Waals surface area contributed by atoms with E-state index < -0.39 is 0 Å². The first kappa shape index (κ1) is 13.5. The van der Waals surface area contributed by atoms with Crippen LogP contribution < -0.4 is 5.32 Å². The highest BCUT2D eigenvalue weighted by atomic mass is 35.5. The topological polar surface area (TPSA) is 60.1 Å². The van der Waals surface area contributed by atoms with Crippen LogP contribution in [-0.4, -0.2) is 22.7 Å². The van der Waals surface area contributed by atoms with Gasteiger partial charge in [0.1, 0.15) is 0 Å². The maximum Gasteiger partial charge on any atom is 0.271 e. The van der Waals surface area contributed by atoms with Crippen molar-refractivity contribution in [2.45, 2.75) is 0 Å². The number of amides is 1. The summed E-state index contributed by atoms with van der Waals surface area (Å²) in [7, 11) is 1.57. The number of nitrogens with one attached hydrogen (secondary N) is 1. The SMILES string of the molecule is CNC(=O)c1cc(-c2ccoc2)n(-c2ccc(Cl)cc2)n1. The van der Waals surface area contributed by atoms with Crippen LogP contribution in [0.1, 0.15) is 10.5 Å². The van der Waals surface area contributed by atoms with Crippen molar-refractivity contribution in [3.63, 3.8) is 0 Å². The van der Waals surface area contributed by atoms with E-state index in [0.29, 0.717) is 10.7 Å². The predicted molar refractivity (Wildman–Crippen MR) is 79.7 cm³/mol. The maximum atomic E-state index is 11.8. The van der Waals surface area contributed by atoms with Crippen LogP contribution in [0.25, 0.3) is 16.9 Å². The van der Waals surface area contributed by atoms with Crippen molar-refractivity contribution in [3.8, 4) is 16.9 Å². The molecule has 0 bridgehead atoms. The summed E-state index contributed by atoms with van der Waals surface area (Å²) < 4.78 is 6.80. The van der Waals surface area contributed by atoms with E-state index in [4.69, 9.17) is 16.0 Å². The molecule has 0 unspecified atom stereocenters. The summed E-state index contributed by atoms with van der Waals surface area (Å²) in [5.41, 5.74) is 2.76. The van der Waals surface area contributed by atoms with E-state index in [1.807, 2.05) is 18.2 Å². The minimum atomic E-state index is -0.243. The van der Waals surface area contributed by atoms with Gasteiger partial charge in [-0.2, -0.15) is 5.10 Å². The average molecular weight is 302 g/mol. The van der Waals surface area contributed by atoms with Crippen molar-refractivity contribution in [2.75, 3.05) is 7.05 Å². The van der Waals surface area contributed by atoms with E-state index in [1.165, 1.54) is 0 Å². The number of furan rings is 1. The molecule has 21 heavy (non-hydrogen) atoms. The molecule has 0 aliphatic heterocycles. The quantitative estimate of drug-likeness (QED) is 0.808. The Morgan fingerprint density at radius 3 is 2.67 bits per heavy atom. The molecule has 0 radical (unpaired) electrons. The molecule has 1 aromatic carbocycles. The fourth-order valence-electron chi connectivity index (χ4n) is 2.02. The first-order valence-corrected chi connectivity index (χ1v) is 6.67. The number of halogens is 1. The molecule has 0 saturated carbocycles. The Hall–Kier alpha value is -2.53. The Labute approximate surface area is 126 Å². The highest BCUT2D eigenvalue weighted by molar-refractivity contribution is 6.30. The van der Waals surface area contributed by atoms with E-state index in [-0.39, 0.29) is 5.91 Å². The standard InChI is InChI=1S/C15H12ClN3O2/c1-17-15(20)13-8-14(10-6-7-21-9-10)19(18-13)12-4-2-11(16)3-5-12/h2-9H,1H3,(H,17,20). The van der Waals surface area contributed by atoms with Crippen molar-refractivity contribution in [3.05, 3.63) is 59.6 Å². The van der Waals surface area contributed by atoms with Gasteiger partial charge in [0.25, 0.3) is 5.91 Å². The Balaban J connectivity index is 2.15. The van der Waals surface area contributed by atoms with E-state index in [1.54, 1.807) is 42.5 Å². The summed E-state index contributed by atoms with van der Waals surface area (Å²) in [6, 6.07) is 10.8. The summed E-state index contributed by atoms with van der Waals surface area (Å²) >= 11 is 5.91. The predicted octanol–water partition coefficient (Wildman–Crippen LogP) is 3.15. The van der Waals surface area contributed by atoms with Gasteiger partial charge in [0, 0.05) is 17.6 Å². The van der Waals surface area contributed by atoms with Crippen LogP contribution in [0.5, 0.6) is 0 Å². The van der Waals surface area contributed by atoms with Crippen LogP contribution in [0.15, 0.2) is 53.3 Å². The summed E-state index contributed by atoms with van der Waals surface area (Å²) in [5, 5.41) is 7.57. The highest BCUT2D eigenvalue weighted by Gasteiger charge is 2.16. The van der Waals surface area contributed by atoms with Crippen LogP contribution in [0.3, 0.4) is 0 Å². The van der Waals surface area contributed by atoms with Crippen molar-refractivity contribution in [2.24, 2.45) is 0 Å². The molecule has 0 saturated heterocycles. The molecule has 0 aliphatic carbocycles. The van der Waals surface area contributed by atoms with Gasteiger partial charge in [-0.1, -0.05) is 11.6 Å². The van der Waals surface area contributed by atoms with E-state index in [9.17, 15) is 4.79 Å². The van der Waals surface area contributed by atoms with Gasteiger partial charge < -0.3 is 9.73 Å². The van der Waals surface area contributed by atoms with Gasteiger partial charge >= 0.3 is 0 Å². The van der Waals surface area contributed by atoms with Crippen molar-refractivity contribution in [1.82, 2.24) is 15.1 Å². The molecule has 0 aliphatic rings. The van der Waals surface area contributed by atoms with Crippen LogP contribution in [0.4, 0.5) is 0 Å². The third-order valence-electron chi connectivity index (χ3n) is 3.06. The third kappa shape index (κ3) is 2.55. The van der Waals surface area contributed by atoms with E-state index in [0.717, 1.165) is 16.9 Å². The smallest absolute Gasteiger partial charge is 0.271 e. The lowest BCUT2D eigenvalue weighted by Gasteiger charge is -2.05. The number of rotatable bonds is 3. The largest absolute Gasteiger partial charge is 0.472 e. The minimum absolute atomic E-state index is 0.243. The molecule has 3 aromatic rings. The first-order chi connectivity index (χ1) is 10.2. The molecule has 1 amide bonds. The zero-order valence-corrected chi connectivity index (χ0v) is 12.0. The number of hydrogen-bond acceptors (Lipinski definition) is 3. The lowest BCUT2D eigenvalue weighted by molar-refractivity contribution is 0.0957. The summed E-state index contributed by atoms with van der Waals surface area (Å²) in [4.78, 5) is 11.8. The number of nitrogens with zero attached hydrogens (tertiary/aromatic N) is 2. The van der Waals surface area contributed by atoms with Gasteiger partial charge in [-0.05, 0) is 36.4 Å². The molecule has 6 heteroatoms. The van der Waals surface area contributed by atoms with Crippen LogP contribution in [0, 0.1) is 0 Å². The van der Waals surface area contributed by atoms with Crippen LogP contribution in [0.2, 0.25) is 5.02 Å². The number of aromatic nitrogens is 2. The Morgan fingerprint density at radius 1 is 1.29 bits per heavy atom. The second-order valence-electron chi connectivity index (χ2n) is 4.39. The van der Waals surface area contributed by atoms with Crippen molar-refractivity contribution >= 4 is 17.5 Å². The molecule has 1 N–H and O–H groups in total. The van der Waals surface area contributed by atoms with Gasteiger partial charge in [-0.3, -0.25) is 4.79 Å². The summed E-state index contributed by atoms with van der Waals surface area (Å²) in [5.74, 6) is -0.243. The molecule has 0 spiro atoms. The molecule has 5 nitrogen and oxygen atoms in total. The molecular formula is C15H12ClN3O2. The van der Waals surface area contributed by atoms with Crippen molar-refractivity contribution < 1.29 is 9.21 Å². The second-order valence-corrected chi connectivity index (χ2v) is 4.83.